The van der Waals surface area contributed by atoms with Gasteiger partial charge in [0.15, 0.2) is 0 Å². The lowest BCUT2D eigenvalue weighted by molar-refractivity contribution is 0.306. The van der Waals surface area contributed by atoms with E-state index in [-0.39, 0.29) is 0 Å². The zero-order valence-corrected chi connectivity index (χ0v) is 11.2. The van der Waals surface area contributed by atoms with E-state index in [4.69, 9.17) is 4.74 Å². The molecule has 0 aliphatic rings. The van der Waals surface area contributed by atoms with E-state index in [1.165, 1.54) is 0 Å². The van der Waals surface area contributed by atoms with Crippen LogP contribution in [0.25, 0.3) is 0 Å². The molecule has 2 aromatic carbocycles. The number of phenols is 1. The largest absolute Gasteiger partial charge is 0.508 e. The molecule has 2 aromatic rings. The second-order valence-corrected chi connectivity index (χ2v) is 4.52. The van der Waals surface area contributed by atoms with Gasteiger partial charge in [-0.15, -0.1) is 0 Å². The van der Waals surface area contributed by atoms with Crippen molar-refractivity contribution in [2.45, 2.75) is 20.5 Å². The SMILES string of the molecule is C=Nc1cc(OCc2ccc(O)c(C)c2)ccc1C. The summed E-state index contributed by atoms with van der Waals surface area (Å²) in [6.07, 6.45) is 0. The van der Waals surface area contributed by atoms with Crippen LogP contribution in [0, 0.1) is 13.8 Å². The van der Waals surface area contributed by atoms with Gasteiger partial charge in [0, 0.05) is 6.07 Å². The first kappa shape index (κ1) is 13.1. The van der Waals surface area contributed by atoms with Crippen molar-refractivity contribution in [3.05, 3.63) is 53.1 Å². The maximum atomic E-state index is 9.47. The smallest absolute Gasteiger partial charge is 0.121 e. The molecule has 0 aliphatic heterocycles. The van der Waals surface area contributed by atoms with Crippen molar-refractivity contribution in [3.8, 4) is 11.5 Å². The van der Waals surface area contributed by atoms with Crippen LogP contribution in [0.15, 0.2) is 41.4 Å². The number of hydrogen-bond acceptors (Lipinski definition) is 3. The van der Waals surface area contributed by atoms with Gasteiger partial charge < -0.3 is 9.84 Å². The molecule has 0 unspecified atom stereocenters. The van der Waals surface area contributed by atoms with Crippen LogP contribution in [-0.4, -0.2) is 11.8 Å². The average molecular weight is 255 g/mol. The number of hydrogen-bond donors (Lipinski definition) is 1. The molecule has 0 bridgehead atoms. The Morgan fingerprint density at radius 2 is 1.89 bits per heavy atom. The predicted molar refractivity (Wildman–Crippen MR) is 77.6 cm³/mol. The van der Waals surface area contributed by atoms with Gasteiger partial charge in [-0.05, 0) is 55.5 Å². The topological polar surface area (TPSA) is 41.8 Å². The van der Waals surface area contributed by atoms with Gasteiger partial charge in [0.25, 0.3) is 0 Å². The van der Waals surface area contributed by atoms with Gasteiger partial charge in [-0.1, -0.05) is 12.1 Å². The first-order valence-corrected chi connectivity index (χ1v) is 6.09. The fraction of sp³-hybridized carbons (Fsp3) is 0.188. The Morgan fingerprint density at radius 1 is 1.11 bits per heavy atom. The molecular weight excluding hydrogens is 238 g/mol. The maximum Gasteiger partial charge on any atom is 0.121 e. The molecule has 3 heteroatoms. The first-order chi connectivity index (χ1) is 9.10. The molecule has 3 nitrogen and oxygen atoms in total. The van der Waals surface area contributed by atoms with Crippen molar-refractivity contribution < 1.29 is 9.84 Å². The summed E-state index contributed by atoms with van der Waals surface area (Å²) in [6, 6.07) is 11.2. The van der Waals surface area contributed by atoms with E-state index < -0.39 is 0 Å². The fourth-order valence-corrected chi connectivity index (χ4v) is 1.82. The molecule has 0 saturated carbocycles. The number of aromatic hydroxyl groups is 1. The highest BCUT2D eigenvalue weighted by Crippen LogP contribution is 2.25. The Hall–Kier alpha value is -2.29. The fourth-order valence-electron chi connectivity index (χ4n) is 1.82. The van der Waals surface area contributed by atoms with E-state index in [2.05, 4.69) is 11.7 Å². The molecule has 19 heavy (non-hydrogen) atoms. The van der Waals surface area contributed by atoms with Gasteiger partial charge in [0.05, 0.1) is 5.69 Å². The van der Waals surface area contributed by atoms with Crippen LogP contribution in [0.1, 0.15) is 16.7 Å². The lowest BCUT2D eigenvalue weighted by Gasteiger charge is -2.09. The normalized spacial score (nSPS) is 10.2. The number of ether oxygens (including phenoxy) is 1. The van der Waals surface area contributed by atoms with Crippen LogP contribution in [0.5, 0.6) is 11.5 Å². The third-order valence-electron chi connectivity index (χ3n) is 3.02. The average Bonchev–Trinajstić information content (AvgIpc) is 2.41. The monoisotopic (exact) mass is 255 g/mol. The molecule has 0 spiro atoms. The van der Waals surface area contributed by atoms with Crippen LogP contribution in [-0.2, 0) is 6.61 Å². The van der Waals surface area contributed by atoms with Crippen molar-refractivity contribution >= 4 is 12.4 Å². The first-order valence-electron chi connectivity index (χ1n) is 6.09. The number of aliphatic imine (C=N–C) groups is 1. The number of nitrogens with zero attached hydrogens (tertiary/aromatic N) is 1. The van der Waals surface area contributed by atoms with E-state index in [1.54, 1.807) is 6.07 Å². The highest BCUT2D eigenvalue weighted by molar-refractivity contribution is 5.54. The molecule has 98 valence electrons. The minimum atomic E-state index is 0.303. The molecule has 2 rings (SSSR count). The van der Waals surface area contributed by atoms with Crippen molar-refractivity contribution in [1.82, 2.24) is 0 Å². The summed E-state index contributed by atoms with van der Waals surface area (Å²) < 4.78 is 5.71. The van der Waals surface area contributed by atoms with E-state index in [0.29, 0.717) is 12.4 Å². The summed E-state index contributed by atoms with van der Waals surface area (Å²) in [5, 5.41) is 9.47. The van der Waals surface area contributed by atoms with Crippen molar-refractivity contribution in [1.29, 1.82) is 0 Å². The van der Waals surface area contributed by atoms with E-state index in [1.807, 2.05) is 44.2 Å². The molecule has 0 amide bonds. The molecule has 1 N–H and O–H groups in total. The Kier molecular flexibility index (Phi) is 3.85. The zero-order valence-electron chi connectivity index (χ0n) is 11.2. The number of phenolic OH excluding ortho intramolecular Hbond substituents is 1. The molecule has 0 fully saturated rings. The van der Waals surface area contributed by atoms with E-state index in [0.717, 1.165) is 28.1 Å². The Bertz CT molecular complexity index is 606. The van der Waals surface area contributed by atoms with Gasteiger partial charge >= 0.3 is 0 Å². The van der Waals surface area contributed by atoms with E-state index in [9.17, 15) is 5.11 Å². The minimum Gasteiger partial charge on any atom is -0.508 e. The van der Waals surface area contributed by atoms with Gasteiger partial charge in [-0.3, -0.25) is 4.99 Å². The maximum absolute atomic E-state index is 9.47. The summed E-state index contributed by atoms with van der Waals surface area (Å²) in [5.74, 6) is 1.07. The summed E-state index contributed by atoms with van der Waals surface area (Å²) in [7, 11) is 0. The second-order valence-electron chi connectivity index (χ2n) is 4.52. The predicted octanol–water partition coefficient (Wildman–Crippen LogP) is 3.92. The zero-order chi connectivity index (χ0) is 13.8. The summed E-state index contributed by atoms with van der Waals surface area (Å²) >= 11 is 0. The minimum absolute atomic E-state index is 0.303. The quantitative estimate of drug-likeness (QED) is 0.841. The Balaban J connectivity index is 2.09. The van der Waals surface area contributed by atoms with Crippen LogP contribution >= 0.6 is 0 Å². The van der Waals surface area contributed by atoms with Crippen molar-refractivity contribution in [3.63, 3.8) is 0 Å². The van der Waals surface area contributed by atoms with Crippen molar-refractivity contribution in [2.75, 3.05) is 0 Å². The molecule has 0 heterocycles. The molecule has 0 radical (unpaired) electrons. The molecule has 0 atom stereocenters. The molecule has 0 aliphatic carbocycles. The van der Waals surface area contributed by atoms with Crippen LogP contribution in [0.4, 0.5) is 5.69 Å². The molecule has 0 saturated heterocycles. The number of aryl methyl sites for hydroxylation is 2. The molecule has 0 aromatic heterocycles. The van der Waals surface area contributed by atoms with Crippen LogP contribution < -0.4 is 4.74 Å². The van der Waals surface area contributed by atoms with Crippen LogP contribution in [0.3, 0.4) is 0 Å². The van der Waals surface area contributed by atoms with Gasteiger partial charge in [-0.25, -0.2) is 0 Å². The highest BCUT2D eigenvalue weighted by atomic mass is 16.5. The van der Waals surface area contributed by atoms with Crippen molar-refractivity contribution in [2.24, 2.45) is 4.99 Å². The summed E-state index contributed by atoms with van der Waals surface area (Å²) in [4.78, 5) is 3.95. The number of rotatable bonds is 4. The third kappa shape index (κ3) is 3.13. The Labute approximate surface area is 113 Å². The third-order valence-corrected chi connectivity index (χ3v) is 3.02. The standard InChI is InChI=1S/C16H17NO2/c1-11-4-6-14(9-15(11)17-3)19-10-13-5-7-16(18)12(2)8-13/h4-9,18H,3,10H2,1-2H3. The number of benzene rings is 2. The lowest BCUT2D eigenvalue weighted by atomic mass is 10.1. The van der Waals surface area contributed by atoms with Gasteiger partial charge in [0.2, 0.25) is 0 Å². The summed E-state index contributed by atoms with van der Waals surface area (Å²) in [5.41, 5.74) is 3.77. The lowest BCUT2D eigenvalue weighted by Crippen LogP contribution is -1.96. The Morgan fingerprint density at radius 3 is 2.58 bits per heavy atom. The van der Waals surface area contributed by atoms with Gasteiger partial charge in [0.1, 0.15) is 18.1 Å². The second kappa shape index (κ2) is 5.57. The molecular formula is C16H17NO2. The van der Waals surface area contributed by atoms with Gasteiger partial charge in [-0.2, -0.15) is 0 Å². The highest BCUT2D eigenvalue weighted by Gasteiger charge is 2.02. The van der Waals surface area contributed by atoms with Crippen LogP contribution in [0.2, 0.25) is 0 Å². The van der Waals surface area contributed by atoms with E-state index >= 15 is 0 Å². The summed E-state index contributed by atoms with van der Waals surface area (Å²) in [6.45, 7) is 7.85.